The van der Waals surface area contributed by atoms with E-state index in [4.69, 9.17) is 16.3 Å². The second-order valence-corrected chi connectivity index (χ2v) is 6.43. The number of nitrogens with one attached hydrogen (secondary N) is 1. The first kappa shape index (κ1) is 22.4. The molecule has 1 heterocycles. The Balaban J connectivity index is 2.10. The molecule has 13 heteroatoms. The number of hydrogen-bond acceptors (Lipinski definition) is 3. The Morgan fingerprint density at radius 3 is 2.19 bits per heavy atom. The molecule has 0 amide bonds. The molecule has 1 N–H and O–H groups in total. The second kappa shape index (κ2) is 7.76. The highest BCUT2D eigenvalue weighted by Crippen LogP contribution is 2.36. The highest BCUT2D eigenvalue weighted by atomic mass is 35.5. The van der Waals surface area contributed by atoms with Crippen molar-refractivity contribution in [2.75, 3.05) is 0 Å². The molecule has 31 heavy (non-hydrogen) atoms. The SMILES string of the molecule is O=c1cc(C(F)(F)F)[nH]c(=O)n1-c1cc(Oc2cccc(C(F)(F)F)c2)c(Cl)cc1F. The Bertz CT molecular complexity index is 1230. The molecule has 0 aliphatic heterocycles. The van der Waals surface area contributed by atoms with Crippen LogP contribution in [0, 0.1) is 5.82 Å². The Morgan fingerprint density at radius 1 is 0.935 bits per heavy atom. The van der Waals surface area contributed by atoms with E-state index in [1.54, 1.807) is 0 Å². The van der Waals surface area contributed by atoms with Crippen molar-refractivity contribution in [3.63, 3.8) is 0 Å². The Labute approximate surface area is 172 Å². The highest BCUT2D eigenvalue weighted by Gasteiger charge is 2.33. The summed E-state index contributed by atoms with van der Waals surface area (Å²) >= 11 is 5.82. The van der Waals surface area contributed by atoms with Gasteiger partial charge in [-0.25, -0.2) is 13.8 Å². The number of rotatable bonds is 3. The van der Waals surface area contributed by atoms with Gasteiger partial charge in [0.25, 0.3) is 5.56 Å². The van der Waals surface area contributed by atoms with Gasteiger partial charge in [-0.2, -0.15) is 26.3 Å². The summed E-state index contributed by atoms with van der Waals surface area (Å²) in [4.78, 5) is 25.5. The average Bonchev–Trinajstić information content (AvgIpc) is 2.63. The number of aromatic nitrogens is 2. The summed E-state index contributed by atoms with van der Waals surface area (Å²) < 4.78 is 96.3. The van der Waals surface area contributed by atoms with Crippen molar-refractivity contribution in [3.05, 3.63) is 85.4 Å². The molecule has 0 saturated heterocycles. The van der Waals surface area contributed by atoms with Gasteiger partial charge in [0.2, 0.25) is 0 Å². The Kier molecular flexibility index (Phi) is 5.61. The topological polar surface area (TPSA) is 64.1 Å². The maximum atomic E-state index is 14.3. The summed E-state index contributed by atoms with van der Waals surface area (Å²) in [6.45, 7) is 0. The zero-order valence-electron chi connectivity index (χ0n) is 14.7. The Hall–Kier alpha value is -3.28. The summed E-state index contributed by atoms with van der Waals surface area (Å²) in [5, 5.41) is -0.435. The van der Waals surface area contributed by atoms with Crippen LogP contribution in [0.3, 0.4) is 0 Å². The van der Waals surface area contributed by atoms with E-state index in [0.29, 0.717) is 18.2 Å². The molecule has 0 spiro atoms. The molecule has 0 aliphatic carbocycles. The number of H-pyrrole nitrogens is 1. The van der Waals surface area contributed by atoms with E-state index in [0.717, 1.165) is 18.2 Å². The number of nitrogens with zero attached hydrogens (tertiary/aromatic N) is 1. The van der Waals surface area contributed by atoms with Gasteiger partial charge in [0.15, 0.2) is 0 Å². The minimum atomic E-state index is -5.03. The summed E-state index contributed by atoms with van der Waals surface area (Å²) in [7, 11) is 0. The Morgan fingerprint density at radius 2 is 1.61 bits per heavy atom. The number of aromatic amines is 1. The summed E-state index contributed by atoms with van der Waals surface area (Å²) in [6, 6.07) is 4.88. The van der Waals surface area contributed by atoms with E-state index in [9.17, 15) is 40.3 Å². The normalized spacial score (nSPS) is 12.1. The van der Waals surface area contributed by atoms with Crippen molar-refractivity contribution in [1.29, 1.82) is 0 Å². The molecule has 0 atom stereocenters. The molecule has 0 bridgehead atoms. The van der Waals surface area contributed by atoms with Gasteiger partial charge >= 0.3 is 18.0 Å². The van der Waals surface area contributed by atoms with Gasteiger partial charge in [0.05, 0.1) is 16.3 Å². The zero-order chi connectivity index (χ0) is 23.1. The molecule has 0 radical (unpaired) electrons. The van der Waals surface area contributed by atoms with E-state index in [-0.39, 0.29) is 16.4 Å². The lowest BCUT2D eigenvalue weighted by atomic mass is 10.2. The van der Waals surface area contributed by atoms with Crippen molar-refractivity contribution in [3.8, 4) is 17.2 Å². The maximum absolute atomic E-state index is 14.3. The molecule has 5 nitrogen and oxygen atoms in total. The average molecular weight is 469 g/mol. The van der Waals surface area contributed by atoms with Gasteiger partial charge in [0, 0.05) is 12.1 Å². The van der Waals surface area contributed by atoms with Crippen LogP contribution in [0.25, 0.3) is 5.69 Å². The van der Waals surface area contributed by atoms with E-state index in [1.165, 1.54) is 4.98 Å². The maximum Gasteiger partial charge on any atom is 0.431 e. The van der Waals surface area contributed by atoms with E-state index in [2.05, 4.69) is 0 Å². The number of benzene rings is 2. The van der Waals surface area contributed by atoms with Gasteiger partial charge < -0.3 is 9.72 Å². The van der Waals surface area contributed by atoms with Crippen LogP contribution in [-0.4, -0.2) is 9.55 Å². The molecule has 0 fully saturated rings. The summed E-state index contributed by atoms with van der Waals surface area (Å²) in [5.41, 5.74) is -6.65. The lowest BCUT2D eigenvalue weighted by Gasteiger charge is -2.14. The molecule has 3 aromatic rings. The zero-order valence-corrected chi connectivity index (χ0v) is 15.5. The first-order valence-corrected chi connectivity index (χ1v) is 8.43. The van der Waals surface area contributed by atoms with E-state index in [1.807, 2.05) is 0 Å². The van der Waals surface area contributed by atoms with E-state index < -0.39 is 57.1 Å². The summed E-state index contributed by atoms with van der Waals surface area (Å²) in [5.74, 6) is -2.08. The number of halogens is 8. The van der Waals surface area contributed by atoms with Crippen LogP contribution in [0.1, 0.15) is 11.3 Å². The monoisotopic (exact) mass is 468 g/mol. The van der Waals surface area contributed by atoms with Crippen LogP contribution in [0.2, 0.25) is 5.02 Å². The lowest BCUT2D eigenvalue weighted by molar-refractivity contribution is -0.141. The largest absolute Gasteiger partial charge is 0.456 e. The van der Waals surface area contributed by atoms with Gasteiger partial charge in [-0.15, -0.1) is 0 Å². The predicted molar refractivity (Wildman–Crippen MR) is 94.1 cm³/mol. The van der Waals surface area contributed by atoms with Gasteiger partial charge in [0.1, 0.15) is 23.0 Å². The third-order valence-electron chi connectivity index (χ3n) is 3.87. The van der Waals surface area contributed by atoms with Gasteiger partial charge in [-0.05, 0) is 24.3 Å². The van der Waals surface area contributed by atoms with Crippen molar-refractivity contribution in [2.24, 2.45) is 0 Å². The van der Waals surface area contributed by atoms with Crippen molar-refractivity contribution >= 4 is 11.6 Å². The first-order valence-electron chi connectivity index (χ1n) is 8.05. The van der Waals surface area contributed by atoms with Crippen LogP contribution in [0.4, 0.5) is 30.7 Å². The summed E-state index contributed by atoms with van der Waals surface area (Å²) in [6.07, 6.45) is -9.72. The molecule has 3 rings (SSSR count). The first-order chi connectivity index (χ1) is 14.3. The highest BCUT2D eigenvalue weighted by molar-refractivity contribution is 6.32. The molecule has 2 aromatic carbocycles. The van der Waals surface area contributed by atoms with Crippen molar-refractivity contribution < 1.29 is 35.5 Å². The fourth-order valence-corrected chi connectivity index (χ4v) is 2.70. The van der Waals surface area contributed by atoms with Crippen molar-refractivity contribution in [2.45, 2.75) is 12.4 Å². The van der Waals surface area contributed by atoms with Crippen LogP contribution in [0.5, 0.6) is 11.5 Å². The molecular weight excluding hydrogens is 461 g/mol. The standard InChI is InChI=1S/C18H8ClF7N2O3/c19-10-5-11(20)12(28-15(29)7-14(18(24,25)26)27-16(28)30)6-13(10)31-9-3-1-2-8(4-9)17(21,22)23/h1-7H,(H,27,30). The van der Waals surface area contributed by atoms with Crippen LogP contribution >= 0.6 is 11.6 Å². The minimum Gasteiger partial charge on any atom is -0.456 e. The predicted octanol–water partition coefficient (Wildman–Crippen LogP) is 5.15. The molecule has 0 aliphatic rings. The third kappa shape index (κ3) is 4.74. The smallest absolute Gasteiger partial charge is 0.431 e. The second-order valence-electron chi connectivity index (χ2n) is 6.02. The molecule has 164 valence electrons. The van der Waals surface area contributed by atoms with E-state index >= 15 is 0 Å². The van der Waals surface area contributed by atoms with Gasteiger partial charge in [-0.3, -0.25) is 4.79 Å². The fraction of sp³-hybridized carbons (Fsp3) is 0.111. The number of hydrogen-bond donors (Lipinski definition) is 1. The van der Waals surface area contributed by atoms with Crippen LogP contribution < -0.4 is 16.0 Å². The molecule has 0 saturated carbocycles. The number of alkyl halides is 6. The van der Waals surface area contributed by atoms with Gasteiger partial charge in [-0.1, -0.05) is 17.7 Å². The molecule has 0 unspecified atom stereocenters. The molecule has 1 aromatic heterocycles. The quantitative estimate of drug-likeness (QED) is 0.541. The van der Waals surface area contributed by atoms with Crippen LogP contribution in [-0.2, 0) is 12.4 Å². The number of ether oxygens (including phenoxy) is 1. The minimum absolute atomic E-state index is 0.0444. The fourth-order valence-electron chi connectivity index (χ4n) is 2.51. The lowest BCUT2D eigenvalue weighted by Crippen LogP contribution is -2.36. The molecular formula is C18H8ClF7N2O3. The van der Waals surface area contributed by atoms with Crippen LogP contribution in [0.15, 0.2) is 52.1 Å². The van der Waals surface area contributed by atoms with Crippen molar-refractivity contribution in [1.82, 2.24) is 9.55 Å². The third-order valence-corrected chi connectivity index (χ3v) is 4.17.